The fourth-order valence-corrected chi connectivity index (χ4v) is 5.27. The van der Waals surface area contributed by atoms with Crippen LogP contribution >= 0.6 is 11.3 Å². The number of ether oxygens (including phenoxy) is 1. The highest BCUT2D eigenvalue weighted by molar-refractivity contribution is 7.17. The molecule has 0 aliphatic carbocycles. The highest BCUT2D eigenvalue weighted by Crippen LogP contribution is 2.19. The van der Waals surface area contributed by atoms with Crippen molar-refractivity contribution < 1.29 is 14.3 Å². The lowest BCUT2D eigenvalue weighted by Gasteiger charge is -2.33. The number of thiophene rings is 1. The summed E-state index contributed by atoms with van der Waals surface area (Å²) in [5, 5.41) is 4.55. The molecule has 1 fully saturated rings. The number of hydrogen-bond acceptors (Lipinski definition) is 6. The molecule has 1 aliphatic rings. The molecule has 0 spiro atoms. The second-order valence-corrected chi connectivity index (χ2v) is 9.68. The normalized spacial score (nSPS) is 15.8. The summed E-state index contributed by atoms with van der Waals surface area (Å²) in [5.41, 5.74) is 0.368. The molecular formula is C25H30N4O5S. The summed E-state index contributed by atoms with van der Waals surface area (Å²) in [6.07, 6.45) is 2.95. The smallest absolute Gasteiger partial charge is 0.332 e. The average molecular weight is 499 g/mol. The molecule has 0 bridgehead atoms. The lowest BCUT2D eigenvalue weighted by molar-refractivity contribution is -0.135. The average Bonchev–Trinajstić information content (AvgIpc) is 3.36. The van der Waals surface area contributed by atoms with Crippen molar-refractivity contribution in [1.29, 1.82) is 0 Å². The molecule has 1 aliphatic heterocycles. The van der Waals surface area contributed by atoms with E-state index in [-0.39, 0.29) is 37.4 Å². The van der Waals surface area contributed by atoms with Crippen LogP contribution < -0.4 is 21.3 Å². The summed E-state index contributed by atoms with van der Waals surface area (Å²) in [6.45, 7) is 2.84. The van der Waals surface area contributed by atoms with Crippen LogP contribution in [-0.4, -0.2) is 45.5 Å². The molecule has 2 amide bonds. The van der Waals surface area contributed by atoms with Gasteiger partial charge in [-0.05, 0) is 55.3 Å². The summed E-state index contributed by atoms with van der Waals surface area (Å²) >= 11 is 1.23. The van der Waals surface area contributed by atoms with E-state index in [2.05, 4.69) is 5.32 Å². The summed E-state index contributed by atoms with van der Waals surface area (Å²) in [4.78, 5) is 53.5. The Balaban J connectivity index is 1.48. The first kappa shape index (κ1) is 24.7. The third-order valence-corrected chi connectivity index (χ3v) is 7.36. The monoisotopic (exact) mass is 498 g/mol. The number of nitrogens with zero attached hydrogens (tertiary/aromatic N) is 3. The number of piperidine rings is 1. The molecule has 0 radical (unpaired) electrons. The van der Waals surface area contributed by atoms with E-state index >= 15 is 0 Å². The van der Waals surface area contributed by atoms with Gasteiger partial charge in [0, 0.05) is 32.1 Å². The Morgan fingerprint density at radius 3 is 2.60 bits per heavy atom. The first-order chi connectivity index (χ1) is 16.9. The van der Waals surface area contributed by atoms with Crippen molar-refractivity contribution in [2.75, 3.05) is 13.7 Å². The van der Waals surface area contributed by atoms with Gasteiger partial charge in [0.2, 0.25) is 11.8 Å². The minimum atomic E-state index is -0.568. The second-order valence-electron chi connectivity index (χ2n) is 8.77. The number of hydrogen-bond donors (Lipinski definition) is 1. The van der Waals surface area contributed by atoms with Crippen molar-refractivity contribution in [2.45, 2.75) is 58.3 Å². The zero-order chi connectivity index (χ0) is 24.9. The Hall–Kier alpha value is -3.40. The van der Waals surface area contributed by atoms with Gasteiger partial charge in [0.1, 0.15) is 17.0 Å². The van der Waals surface area contributed by atoms with Gasteiger partial charge in [-0.3, -0.25) is 23.5 Å². The van der Waals surface area contributed by atoms with Crippen LogP contribution in [0, 0.1) is 0 Å². The topological polar surface area (TPSA) is 103 Å². The molecule has 1 saturated heterocycles. The Morgan fingerprint density at radius 1 is 1.11 bits per heavy atom. The summed E-state index contributed by atoms with van der Waals surface area (Å²) < 4.78 is 7.97. The van der Waals surface area contributed by atoms with E-state index in [0.29, 0.717) is 23.3 Å². The van der Waals surface area contributed by atoms with Crippen molar-refractivity contribution in [2.24, 2.45) is 0 Å². The van der Waals surface area contributed by atoms with Crippen molar-refractivity contribution in [3.05, 3.63) is 62.1 Å². The fraction of sp³-hybridized carbons (Fsp3) is 0.440. The SMILES string of the molecule is COc1ccc(CNC(=O)CCn2c(=O)c3sccc3n(CC(=O)N3CCCC[C@@H]3C)c2=O)cc1. The molecule has 186 valence electrons. The molecule has 0 unspecified atom stereocenters. The lowest BCUT2D eigenvalue weighted by atomic mass is 10.0. The van der Waals surface area contributed by atoms with Crippen LogP contribution in [0.2, 0.25) is 0 Å². The Bertz CT molecular complexity index is 1320. The fourth-order valence-electron chi connectivity index (χ4n) is 4.42. The molecule has 1 atom stereocenters. The predicted molar refractivity (Wildman–Crippen MR) is 135 cm³/mol. The quantitative estimate of drug-likeness (QED) is 0.514. The number of methoxy groups -OCH3 is 1. The number of fused-ring (bicyclic) bond motifs is 1. The molecule has 1 aromatic carbocycles. The number of nitrogens with one attached hydrogen (secondary N) is 1. The molecule has 9 nitrogen and oxygen atoms in total. The van der Waals surface area contributed by atoms with Gasteiger partial charge in [0.15, 0.2) is 0 Å². The maximum absolute atomic E-state index is 13.3. The Labute approximate surface area is 206 Å². The van der Waals surface area contributed by atoms with Gasteiger partial charge >= 0.3 is 5.69 Å². The number of carbonyl (C=O) groups is 2. The Morgan fingerprint density at radius 2 is 1.89 bits per heavy atom. The highest BCUT2D eigenvalue weighted by atomic mass is 32.1. The molecule has 2 aromatic heterocycles. The zero-order valence-electron chi connectivity index (χ0n) is 20.0. The van der Waals surface area contributed by atoms with Crippen LogP contribution in [0.1, 0.15) is 38.2 Å². The lowest BCUT2D eigenvalue weighted by Crippen LogP contribution is -2.47. The van der Waals surface area contributed by atoms with Crippen molar-refractivity contribution in [3.63, 3.8) is 0 Å². The Kier molecular flexibility index (Phi) is 7.70. The second kappa shape index (κ2) is 10.9. The predicted octanol–water partition coefficient (Wildman–Crippen LogP) is 2.34. The maximum atomic E-state index is 13.3. The number of rotatable bonds is 8. The number of carbonyl (C=O) groups excluding carboxylic acids is 2. The van der Waals surface area contributed by atoms with Gasteiger partial charge in [0.05, 0.1) is 12.6 Å². The van der Waals surface area contributed by atoms with Crippen molar-refractivity contribution >= 4 is 33.4 Å². The summed E-state index contributed by atoms with van der Waals surface area (Å²) in [6, 6.07) is 9.16. The highest BCUT2D eigenvalue weighted by Gasteiger charge is 2.25. The van der Waals surface area contributed by atoms with E-state index < -0.39 is 11.2 Å². The molecule has 4 rings (SSSR count). The summed E-state index contributed by atoms with van der Waals surface area (Å²) in [5.74, 6) is 0.324. The molecule has 35 heavy (non-hydrogen) atoms. The van der Waals surface area contributed by atoms with Crippen molar-refractivity contribution in [3.8, 4) is 5.75 Å². The van der Waals surface area contributed by atoms with Crippen LogP contribution in [0.25, 0.3) is 10.2 Å². The molecule has 3 aromatic rings. The van der Waals surface area contributed by atoms with E-state index in [1.54, 1.807) is 18.6 Å². The molecule has 3 heterocycles. The maximum Gasteiger partial charge on any atom is 0.332 e. The molecular weight excluding hydrogens is 468 g/mol. The van der Waals surface area contributed by atoms with Gasteiger partial charge in [0.25, 0.3) is 5.56 Å². The number of aromatic nitrogens is 2. The molecule has 0 saturated carbocycles. The third-order valence-electron chi connectivity index (χ3n) is 6.46. The van der Waals surface area contributed by atoms with E-state index in [0.717, 1.165) is 35.1 Å². The van der Waals surface area contributed by atoms with E-state index in [9.17, 15) is 19.2 Å². The molecule has 10 heteroatoms. The van der Waals surface area contributed by atoms with E-state index in [1.165, 1.54) is 15.9 Å². The molecule has 1 N–H and O–H groups in total. The van der Waals surface area contributed by atoms with Crippen LogP contribution in [0.5, 0.6) is 5.75 Å². The number of benzene rings is 1. The van der Waals surface area contributed by atoms with Crippen molar-refractivity contribution in [1.82, 2.24) is 19.4 Å². The van der Waals surface area contributed by atoms with Gasteiger partial charge < -0.3 is 15.0 Å². The largest absolute Gasteiger partial charge is 0.497 e. The number of likely N-dealkylation sites (tertiary alicyclic amines) is 1. The van der Waals surface area contributed by atoms with Crippen LogP contribution in [0.15, 0.2) is 45.3 Å². The minimum Gasteiger partial charge on any atom is -0.497 e. The zero-order valence-corrected chi connectivity index (χ0v) is 20.8. The van der Waals surface area contributed by atoms with Gasteiger partial charge in [-0.2, -0.15) is 0 Å². The minimum absolute atomic E-state index is 0.0285. The first-order valence-electron chi connectivity index (χ1n) is 11.8. The number of amides is 2. The summed E-state index contributed by atoms with van der Waals surface area (Å²) in [7, 11) is 1.59. The van der Waals surface area contributed by atoms with E-state index in [4.69, 9.17) is 4.74 Å². The van der Waals surface area contributed by atoms with Gasteiger partial charge in [-0.15, -0.1) is 11.3 Å². The third kappa shape index (κ3) is 5.48. The van der Waals surface area contributed by atoms with E-state index in [1.807, 2.05) is 36.1 Å². The van der Waals surface area contributed by atoms with Gasteiger partial charge in [-0.1, -0.05) is 12.1 Å². The first-order valence-corrected chi connectivity index (χ1v) is 12.7. The van der Waals surface area contributed by atoms with Crippen LogP contribution in [-0.2, 0) is 29.2 Å². The van der Waals surface area contributed by atoms with Gasteiger partial charge in [-0.25, -0.2) is 4.79 Å². The van der Waals surface area contributed by atoms with Crippen LogP contribution in [0.3, 0.4) is 0 Å². The standard InChI is InChI=1S/C25H30N4O5S/c1-17-5-3-4-12-27(17)22(31)16-29-20-11-14-35-23(20)24(32)28(25(29)33)13-10-21(30)26-15-18-6-8-19(34-2)9-7-18/h6-9,11,14,17H,3-5,10,12-13,15-16H2,1-2H3,(H,26,30)/t17-/m0/s1. The van der Waals surface area contributed by atoms with Crippen LogP contribution in [0.4, 0.5) is 0 Å².